The summed E-state index contributed by atoms with van der Waals surface area (Å²) in [6.45, 7) is 6.61. The van der Waals surface area contributed by atoms with Crippen LogP contribution in [0.5, 0.6) is 0 Å². The topological polar surface area (TPSA) is 39.7 Å². The summed E-state index contributed by atoms with van der Waals surface area (Å²) in [6, 6.07) is 7.14. The van der Waals surface area contributed by atoms with Crippen molar-refractivity contribution in [3.05, 3.63) is 30.1 Å². The molecule has 134 valence electrons. The van der Waals surface area contributed by atoms with Crippen LogP contribution in [0.15, 0.2) is 34.2 Å². The maximum atomic E-state index is 12.9. The summed E-state index contributed by atoms with van der Waals surface area (Å²) in [5.74, 6) is 1.61. The van der Waals surface area contributed by atoms with Crippen molar-refractivity contribution in [2.75, 3.05) is 39.0 Å². The van der Waals surface area contributed by atoms with E-state index in [0.29, 0.717) is 6.04 Å². The van der Waals surface area contributed by atoms with E-state index in [1.807, 2.05) is 19.2 Å². The van der Waals surface area contributed by atoms with Gasteiger partial charge in [-0.15, -0.1) is 11.8 Å². The van der Waals surface area contributed by atoms with E-state index >= 15 is 0 Å². The first-order chi connectivity index (χ1) is 11.7. The summed E-state index contributed by atoms with van der Waals surface area (Å²) in [5.41, 5.74) is 0. The molecule has 0 spiro atoms. The molecule has 1 aromatic rings. The van der Waals surface area contributed by atoms with Crippen molar-refractivity contribution in [3.8, 4) is 0 Å². The van der Waals surface area contributed by atoms with Gasteiger partial charge in [0.1, 0.15) is 5.82 Å². The van der Waals surface area contributed by atoms with Crippen LogP contribution in [0.2, 0.25) is 0 Å². The predicted molar refractivity (Wildman–Crippen MR) is 101 cm³/mol. The molecular weight excluding hydrogens is 323 g/mol. The predicted octanol–water partition coefficient (Wildman–Crippen LogP) is 2.96. The SMILES string of the molecule is CCCN1CCC(NC(=NC)NCCSc2ccc(F)cc2)CC1. The number of nitrogens with one attached hydrogen (secondary N) is 2. The van der Waals surface area contributed by atoms with Gasteiger partial charge in [-0.25, -0.2) is 4.39 Å². The minimum atomic E-state index is -0.188. The number of aliphatic imine (C=N–C) groups is 1. The Labute approximate surface area is 149 Å². The van der Waals surface area contributed by atoms with E-state index < -0.39 is 0 Å². The monoisotopic (exact) mass is 352 g/mol. The van der Waals surface area contributed by atoms with E-state index in [-0.39, 0.29) is 5.82 Å². The van der Waals surface area contributed by atoms with Gasteiger partial charge in [0, 0.05) is 43.4 Å². The van der Waals surface area contributed by atoms with Crippen molar-refractivity contribution in [1.82, 2.24) is 15.5 Å². The Morgan fingerprint density at radius 2 is 2.00 bits per heavy atom. The highest BCUT2D eigenvalue weighted by Crippen LogP contribution is 2.17. The van der Waals surface area contributed by atoms with Gasteiger partial charge in [-0.1, -0.05) is 6.92 Å². The quantitative estimate of drug-likeness (QED) is 0.343. The number of thioether (sulfide) groups is 1. The zero-order valence-electron chi connectivity index (χ0n) is 14.7. The van der Waals surface area contributed by atoms with Crippen LogP contribution in [0.1, 0.15) is 26.2 Å². The lowest BCUT2D eigenvalue weighted by molar-refractivity contribution is 0.206. The van der Waals surface area contributed by atoms with Crippen molar-refractivity contribution in [3.63, 3.8) is 0 Å². The highest BCUT2D eigenvalue weighted by atomic mass is 32.2. The molecule has 1 aromatic carbocycles. The maximum absolute atomic E-state index is 12.9. The molecule has 1 aliphatic rings. The third-order valence-electron chi connectivity index (χ3n) is 4.17. The van der Waals surface area contributed by atoms with E-state index in [0.717, 1.165) is 23.2 Å². The number of guanidine groups is 1. The normalized spacial score (nSPS) is 17.0. The molecule has 2 rings (SSSR count). The van der Waals surface area contributed by atoms with Gasteiger partial charge in [-0.05, 0) is 50.1 Å². The number of hydrogen-bond acceptors (Lipinski definition) is 3. The molecule has 24 heavy (non-hydrogen) atoms. The average Bonchev–Trinajstić information content (AvgIpc) is 2.61. The summed E-state index contributed by atoms with van der Waals surface area (Å²) in [6.07, 6.45) is 3.57. The largest absolute Gasteiger partial charge is 0.356 e. The first-order valence-corrected chi connectivity index (χ1v) is 9.77. The molecule has 0 saturated carbocycles. The van der Waals surface area contributed by atoms with Gasteiger partial charge in [-0.2, -0.15) is 0 Å². The van der Waals surface area contributed by atoms with Gasteiger partial charge < -0.3 is 15.5 Å². The summed E-state index contributed by atoms with van der Waals surface area (Å²) in [7, 11) is 1.81. The van der Waals surface area contributed by atoms with Crippen molar-refractivity contribution < 1.29 is 4.39 Å². The van der Waals surface area contributed by atoms with E-state index in [1.165, 1.54) is 51.0 Å². The highest BCUT2D eigenvalue weighted by Gasteiger charge is 2.19. The third-order valence-corrected chi connectivity index (χ3v) is 5.18. The number of halogens is 1. The van der Waals surface area contributed by atoms with Crippen molar-refractivity contribution >= 4 is 17.7 Å². The molecule has 0 amide bonds. The second kappa shape index (κ2) is 10.6. The molecule has 1 aliphatic heterocycles. The smallest absolute Gasteiger partial charge is 0.191 e. The zero-order valence-corrected chi connectivity index (χ0v) is 15.5. The molecule has 4 nitrogen and oxygen atoms in total. The van der Waals surface area contributed by atoms with Crippen LogP contribution >= 0.6 is 11.8 Å². The molecule has 1 fully saturated rings. The number of rotatable bonds is 7. The van der Waals surface area contributed by atoms with Gasteiger partial charge in [-0.3, -0.25) is 4.99 Å². The Balaban J connectivity index is 1.63. The second-order valence-electron chi connectivity index (χ2n) is 6.06. The first-order valence-electron chi connectivity index (χ1n) is 8.79. The van der Waals surface area contributed by atoms with E-state index in [2.05, 4.69) is 27.4 Å². The second-order valence-corrected chi connectivity index (χ2v) is 7.23. The summed E-state index contributed by atoms with van der Waals surface area (Å²) < 4.78 is 12.9. The number of likely N-dealkylation sites (tertiary alicyclic amines) is 1. The molecule has 2 N–H and O–H groups in total. The Hall–Kier alpha value is -1.27. The van der Waals surface area contributed by atoms with E-state index in [4.69, 9.17) is 0 Å². The van der Waals surface area contributed by atoms with Crippen LogP contribution in [0.4, 0.5) is 4.39 Å². The molecule has 1 saturated heterocycles. The van der Waals surface area contributed by atoms with Crippen LogP contribution in [-0.4, -0.2) is 55.9 Å². The van der Waals surface area contributed by atoms with Crippen LogP contribution in [0, 0.1) is 5.82 Å². The van der Waals surface area contributed by atoms with Gasteiger partial charge in [0.15, 0.2) is 5.96 Å². The van der Waals surface area contributed by atoms with Gasteiger partial charge in [0.25, 0.3) is 0 Å². The number of nitrogens with zero attached hydrogens (tertiary/aromatic N) is 2. The third kappa shape index (κ3) is 6.69. The van der Waals surface area contributed by atoms with Crippen LogP contribution in [0.3, 0.4) is 0 Å². The average molecular weight is 353 g/mol. The van der Waals surface area contributed by atoms with E-state index in [9.17, 15) is 4.39 Å². The highest BCUT2D eigenvalue weighted by molar-refractivity contribution is 7.99. The molecule has 0 aliphatic carbocycles. The fourth-order valence-corrected chi connectivity index (χ4v) is 3.64. The Morgan fingerprint density at radius 1 is 1.29 bits per heavy atom. The molecule has 6 heteroatoms. The zero-order chi connectivity index (χ0) is 17.2. The molecule has 1 heterocycles. The van der Waals surface area contributed by atoms with Crippen LogP contribution in [0.25, 0.3) is 0 Å². The Bertz CT molecular complexity index is 498. The summed E-state index contributed by atoms with van der Waals surface area (Å²) in [5, 5.41) is 6.89. The summed E-state index contributed by atoms with van der Waals surface area (Å²) in [4.78, 5) is 7.94. The maximum Gasteiger partial charge on any atom is 0.191 e. The lowest BCUT2D eigenvalue weighted by Crippen LogP contribution is -2.49. The lowest BCUT2D eigenvalue weighted by Gasteiger charge is -2.32. The minimum absolute atomic E-state index is 0.188. The molecule has 0 bridgehead atoms. The molecule has 0 radical (unpaired) electrons. The fraction of sp³-hybridized carbons (Fsp3) is 0.611. The Morgan fingerprint density at radius 3 is 2.62 bits per heavy atom. The lowest BCUT2D eigenvalue weighted by atomic mass is 10.1. The van der Waals surface area contributed by atoms with Gasteiger partial charge >= 0.3 is 0 Å². The summed E-state index contributed by atoms with van der Waals surface area (Å²) >= 11 is 1.71. The molecular formula is C18H29FN4S. The molecule has 0 unspecified atom stereocenters. The minimum Gasteiger partial charge on any atom is -0.356 e. The molecule has 0 atom stereocenters. The van der Waals surface area contributed by atoms with Gasteiger partial charge in [0.2, 0.25) is 0 Å². The number of benzene rings is 1. The van der Waals surface area contributed by atoms with E-state index in [1.54, 1.807) is 11.8 Å². The molecule has 0 aromatic heterocycles. The van der Waals surface area contributed by atoms with Crippen molar-refractivity contribution in [2.24, 2.45) is 4.99 Å². The van der Waals surface area contributed by atoms with Gasteiger partial charge in [0.05, 0.1) is 0 Å². The fourth-order valence-electron chi connectivity index (χ4n) is 2.87. The number of hydrogen-bond donors (Lipinski definition) is 2. The standard InChI is InChI=1S/C18H29FN4S/c1-3-11-23-12-8-16(9-13-23)22-18(20-2)21-10-14-24-17-6-4-15(19)5-7-17/h4-7,16H,3,8-14H2,1-2H3,(H2,20,21,22). The van der Waals surface area contributed by atoms with Crippen LogP contribution in [-0.2, 0) is 0 Å². The Kier molecular flexibility index (Phi) is 8.39. The first kappa shape index (κ1) is 19.1. The van der Waals surface area contributed by atoms with Crippen LogP contribution < -0.4 is 10.6 Å². The van der Waals surface area contributed by atoms with Crippen molar-refractivity contribution in [2.45, 2.75) is 37.1 Å². The van der Waals surface area contributed by atoms with Crippen molar-refractivity contribution in [1.29, 1.82) is 0 Å². The number of piperidine rings is 1.